The highest BCUT2D eigenvalue weighted by molar-refractivity contribution is 5.81. The predicted molar refractivity (Wildman–Crippen MR) is 110 cm³/mol. The largest absolute Gasteiger partial charge is 0.480 e. The number of aliphatic carboxylic acids is 1. The SMILES string of the molecule is O=C(N[C@H](Cc1cc(F)c(F)c(F)c1F)C(=O)O)OCC1c2ccccc2-c2ccccc21. The number of nitrogens with one attached hydrogen (secondary N) is 1. The molecule has 0 aromatic heterocycles. The van der Waals surface area contributed by atoms with Crippen LogP contribution in [0.3, 0.4) is 0 Å². The molecular weight excluding hydrogens is 442 g/mol. The van der Waals surface area contributed by atoms with Gasteiger partial charge in [-0.1, -0.05) is 48.5 Å². The first-order chi connectivity index (χ1) is 15.8. The van der Waals surface area contributed by atoms with Crippen molar-refractivity contribution in [3.8, 4) is 11.1 Å². The second-order valence-corrected chi connectivity index (χ2v) is 7.52. The van der Waals surface area contributed by atoms with Gasteiger partial charge in [-0.25, -0.2) is 27.2 Å². The Kier molecular flexibility index (Phi) is 6.04. The minimum atomic E-state index is -2.06. The lowest BCUT2D eigenvalue weighted by molar-refractivity contribution is -0.139. The third kappa shape index (κ3) is 4.26. The summed E-state index contributed by atoms with van der Waals surface area (Å²) >= 11 is 0. The maximum atomic E-state index is 13.9. The monoisotopic (exact) mass is 459 g/mol. The lowest BCUT2D eigenvalue weighted by Crippen LogP contribution is -2.43. The lowest BCUT2D eigenvalue weighted by atomic mass is 9.98. The van der Waals surface area contributed by atoms with Crippen LogP contribution >= 0.6 is 0 Å². The van der Waals surface area contributed by atoms with E-state index < -0.39 is 53.4 Å². The molecule has 9 heteroatoms. The van der Waals surface area contributed by atoms with E-state index in [1.54, 1.807) is 0 Å². The van der Waals surface area contributed by atoms with E-state index in [4.69, 9.17) is 4.74 Å². The van der Waals surface area contributed by atoms with Crippen molar-refractivity contribution in [3.63, 3.8) is 0 Å². The normalized spacial score (nSPS) is 13.2. The summed E-state index contributed by atoms with van der Waals surface area (Å²) in [5, 5.41) is 11.4. The number of amides is 1. The summed E-state index contributed by atoms with van der Waals surface area (Å²) < 4.78 is 59.2. The van der Waals surface area contributed by atoms with Gasteiger partial charge in [0, 0.05) is 12.3 Å². The zero-order valence-corrected chi connectivity index (χ0v) is 16.9. The fourth-order valence-corrected chi connectivity index (χ4v) is 3.97. The number of hydrogen-bond acceptors (Lipinski definition) is 3. The zero-order valence-electron chi connectivity index (χ0n) is 16.9. The van der Waals surface area contributed by atoms with Gasteiger partial charge in [0.05, 0.1) is 0 Å². The first-order valence-corrected chi connectivity index (χ1v) is 9.94. The first-order valence-electron chi connectivity index (χ1n) is 9.94. The van der Waals surface area contributed by atoms with Crippen LogP contribution in [0.15, 0.2) is 54.6 Å². The molecule has 4 rings (SSSR count). The van der Waals surface area contributed by atoms with Crippen molar-refractivity contribution in [2.45, 2.75) is 18.4 Å². The molecule has 170 valence electrons. The Morgan fingerprint density at radius 2 is 1.48 bits per heavy atom. The number of carboxylic acid groups (broad SMARTS) is 1. The standard InChI is InChI=1S/C24H17F4NO4/c25-18-9-12(20(26)22(28)21(18)27)10-19(23(30)31)29-24(32)33-11-17-15-7-3-1-5-13(15)14-6-2-4-8-16(14)17/h1-9,17,19H,10-11H2,(H,29,32)(H,30,31)/t19-/m1/s1. The average molecular weight is 459 g/mol. The molecule has 0 unspecified atom stereocenters. The number of benzene rings is 3. The molecule has 0 aliphatic heterocycles. The van der Waals surface area contributed by atoms with E-state index in [9.17, 15) is 32.3 Å². The van der Waals surface area contributed by atoms with Gasteiger partial charge in [-0.15, -0.1) is 0 Å². The summed E-state index contributed by atoms with van der Waals surface area (Å²) in [6.45, 7) is -0.0969. The highest BCUT2D eigenvalue weighted by Crippen LogP contribution is 2.44. The molecular formula is C24H17F4NO4. The summed E-state index contributed by atoms with van der Waals surface area (Å²) in [7, 11) is 0. The van der Waals surface area contributed by atoms with Gasteiger partial charge in [-0.05, 0) is 33.9 Å². The average Bonchev–Trinajstić information content (AvgIpc) is 3.13. The Balaban J connectivity index is 1.46. The van der Waals surface area contributed by atoms with Crippen molar-refractivity contribution in [1.82, 2.24) is 5.32 Å². The van der Waals surface area contributed by atoms with Crippen LogP contribution in [0, 0.1) is 23.3 Å². The molecule has 0 bridgehead atoms. The van der Waals surface area contributed by atoms with Crippen molar-refractivity contribution >= 4 is 12.1 Å². The highest BCUT2D eigenvalue weighted by Gasteiger charge is 2.30. The van der Waals surface area contributed by atoms with Gasteiger partial charge in [0.1, 0.15) is 12.6 Å². The molecule has 3 aromatic carbocycles. The van der Waals surface area contributed by atoms with Crippen LogP contribution in [0.4, 0.5) is 22.4 Å². The third-order valence-electron chi connectivity index (χ3n) is 5.54. The van der Waals surface area contributed by atoms with Gasteiger partial charge in [0.25, 0.3) is 0 Å². The maximum Gasteiger partial charge on any atom is 0.407 e. The molecule has 5 nitrogen and oxygen atoms in total. The van der Waals surface area contributed by atoms with Crippen molar-refractivity contribution in [3.05, 3.63) is 94.6 Å². The Labute approximate surface area is 185 Å². The van der Waals surface area contributed by atoms with Gasteiger partial charge in [0.2, 0.25) is 0 Å². The number of halogens is 4. The summed E-state index contributed by atoms with van der Waals surface area (Å²) in [6, 6.07) is 13.8. The molecule has 1 atom stereocenters. The minimum absolute atomic E-state index is 0.0969. The number of rotatable bonds is 6. The van der Waals surface area contributed by atoms with E-state index in [1.807, 2.05) is 48.5 Å². The lowest BCUT2D eigenvalue weighted by Gasteiger charge is -2.18. The van der Waals surface area contributed by atoms with Gasteiger partial charge in [-0.2, -0.15) is 0 Å². The molecule has 1 amide bonds. The number of fused-ring (bicyclic) bond motifs is 3. The second kappa shape index (κ2) is 8.93. The van der Waals surface area contributed by atoms with Crippen molar-refractivity contribution in [1.29, 1.82) is 0 Å². The molecule has 0 spiro atoms. The van der Waals surface area contributed by atoms with Crippen LogP contribution in [0.2, 0.25) is 0 Å². The summed E-state index contributed by atoms with van der Waals surface area (Å²) in [5.74, 6) is -9.33. The van der Waals surface area contributed by atoms with Crippen molar-refractivity contribution in [2.24, 2.45) is 0 Å². The number of hydrogen-bond donors (Lipinski definition) is 2. The second-order valence-electron chi connectivity index (χ2n) is 7.52. The van der Waals surface area contributed by atoms with Crippen LogP contribution in [0.5, 0.6) is 0 Å². The fourth-order valence-electron chi connectivity index (χ4n) is 3.97. The van der Waals surface area contributed by atoms with Gasteiger partial charge in [-0.3, -0.25) is 0 Å². The van der Waals surface area contributed by atoms with Crippen molar-refractivity contribution in [2.75, 3.05) is 6.61 Å². The number of carbonyl (C=O) groups excluding carboxylic acids is 1. The van der Waals surface area contributed by atoms with Crippen LogP contribution in [-0.4, -0.2) is 29.8 Å². The number of carboxylic acids is 1. The summed E-state index contributed by atoms with van der Waals surface area (Å²) in [6.07, 6.45) is -1.92. The Morgan fingerprint density at radius 3 is 2.06 bits per heavy atom. The molecule has 1 aliphatic carbocycles. The van der Waals surface area contributed by atoms with E-state index in [-0.39, 0.29) is 12.5 Å². The third-order valence-corrected chi connectivity index (χ3v) is 5.54. The molecule has 0 heterocycles. The minimum Gasteiger partial charge on any atom is -0.480 e. The molecule has 0 radical (unpaired) electrons. The van der Waals surface area contributed by atoms with Crippen molar-refractivity contribution < 1.29 is 37.0 Å². The molecule has 1 aliphatic rings. The number of alkyl carbamates (subject to hydrolysis) is 1. The van der Waals surface area contributed by atoms with Crippen LogP contribution < -0.4 is 5.32 Å². The highest BCUT2D eigenvalue weighted by atomic mass is 19.2. The molecule has 2 N–H and O–H groups in total. The quantitative estimate of drug-likeness (QED) is 0.316. The zero-order chi connectivity index (χ0) is 23.7. The van der Waals surface area contributed by atoms with E-state index in [1.165, 1.54) is 0 Å². The van der Waals surface area contributed by atoms with Gasteiger partial charge < -0.3 is 15.2 Å². The maximum absolute atomic E-state index is 13.9. The van der Waals surface area contributed by atoms with Crippen LogP contribution in [0.25, 0.3) is 11.1 Å². The van der Waals surface area contributed by atoms with Gasteiger partial charge in [0.15, 0.2) is 23.3 Å². The van der Waals surface area contributed by atoms with E-state index in [2.05, 4.69) is 5.32 Å². The molecule has 0 saturated carbocycles. The van der Waals surface area contributed by atoms with E-state index in [0.29, 0.717) is 6.07 Å². The molecule has 0 saturated heterocycles. The Morgan fingerprint density at radius 1 is 0.909 bits per heavy atom. The molecule has 0 fully saturated rings. The van der Waals surface area contributed by atoms with Gasteiger partial charge >= 0.3 is 12.1 Å². The fraction of sp³-hybridized carbons (Fsp3) is 0.167. The van der Waals surface area contributed by atoms with E-state index >= 15 is 0 Å². The van der Waals surface area contributed by atoms with Crippen LogP contribution in [0.1, 0.15) is 22.6 Å². The Hall–Kier alpha value is -3.88. The topological polar surface area (TPSA) is 75.6 Å². The Bertz CT molecular complexity index is 1200. The number of carbonyl (C=O) groups is 2. The first kappa shape index (κ1) is 22.3. The summed E-state index contributed by atoms with van der Waals surface area (Å²) in [4.78, 5) is 23.8. The van der Waals surface area contributed by atoms with Crippen LogP contribution in [-0.2, 0) is 16.0 Å². The summed E-state index contributed by atoms with van der Waals surface area (Å²) in [5.41, 5.74) is 3.15. The van der Waals surface area contributed by atoms with E-state index in [0.717, 1.165) is 22.3 Å². The smallest absolute Gasteiger partial charge is 0.407 e. The number of ether oxygens (including phenoxy) is 1. The molecule has 33 heavy (non-hydrogen) atoms. The predicted octanol–water partition coefficient (Wildman–Crippen LogP) is 4.78. The molecule has 3 aromatic rings.